The maximum atomic E-state index is 13.6. The van der Waals surface area contributed by atoms with Gasteiger partial charge in [-0.1, -0.05) is 35.3 Å². The van der Waals surface area contributed by atoms with E-state index >= 15 is 0 Å². The van der Waals surface area contributed by atoms with E-state index < -0.39 is 0 Å². The maximum absolute atomic E-state index is 13.6. The summed E-state index contributed by atoms with van der Waals surface area (Å²) in [6, 6.07) is 12.4. The van der Waals surface area contributed by atoms with Crippen LogP contribution in [-0.2, 0) is 6.42 Å². The highest BCUT2D eigenvalue weighted by Crippen LogP contribution is 2.25. The summed E-state index contributed by atoms with van der Waals surface area (Å²) in [6.07, 6.45) is 0.747. The molecule has 0 radical (unpaired) electrons. The molecule has 0 heterocycles. The van der Waals surface area contributed by atoms with Crippen molar-refractivity contribution in [2.45, 2.75) is 17.4 Å². The number of hydrogen-bond acceptors (Lipinski definition) is 2. The van der Waals surface area contributed by atoms with Crippen LogP contribution in [-0.4, -0.2) is 18.8 Å². The van der Waals surface area contributed by atoms with Crippen LogP contribution in [0.3, 0.4) is 0 Å². The lowest BCUT2D eigenvalue weighted by Gasteiger charge is -2.17. The van der Waals surface area contributed by atoms with E-state index in [-0.39, 0.29) is 11.9 Å². The SMILES string of the molecule is CNC(CSc1ccccc1F)Cc1cc(Cl)ccc1Cl. The van der Waals surface area contributed by atoms with Gasteiger partial charge in [0.05, 0.1) is 0 Å². The fourth-order valence-electron chi connectivity index (χ4n) is 1.96. The molecular formula is C16H16Cl2FNS. The Labute approximate surface area is 138 Å². The summed E-state index contributed by atoms with van der Waals surface area (Å²) in [6.45, 7) is 0. The van der Waals surface area contributed by atoms with Gasteiger partial charge in [-0.15, -0.1) is 11.8 Å². The first-order valence-corrected chi connectivity index (χ1v) is 8.33. The molecule has 5 heteroatoms. The zero-order valence-electron chi connectivity index (χ0n) is 11.6. The largest absolute Gasteiger partial charge is 0.316 e. The Balaban J connectivity index is 2.00. The number of thioether (sulfide) groups is 1. The monoisotopic (exact) mass is 343 g/mol. The van der Waals surface area contributed by atoms with Gasteiger partial charge < -0.3 is 5.32 Å². The van der Waals surface area contributed by atoms with E-state index in [9.17, 15) is 4.39 Å². The second-order valence-corrected chi connectivity index (χ2v) is 6.57. The minimum atomic E-state index is -0.182. The molecule has 1 unspecified atom stereocenters. The molecule has 0 saturated heterocycles. The van der Waals surface area contributed by atoms with E-state index in [0.717, 1.165) is 17.7 Å². The first-order valence-electron chi connectivity index (χ1n) is 6.58. The third-order valence-electron chi connectivity index (χ3n) is 3.16. The minimum absolute atomic E-state index is 0.182. The summed E-state index contributed by atoms with van der Waals surface area (Å²) in [4.78, 5) is 0.662. The average molecular weight is 344 g/mol. The predicted molar refractivity (Wildman–Crippen MR) is 90.1 cm³/mol. The lowest BCUT2D eigenvalue weighted by molar-refractivity contribution is 0.598. The van der Waals surface area contributed by atoms with Crippen molar-refractivity contribution in [3.05, 3.63) is 63.9 Å². The van der Waals surface area contributed by atoms with Crippen molar-refractivity contribution in [2.75, 3.05) is 12.8 Å². The highest BCUT2D eigenvalue weighted by molar-refractivity contribution is 7.99. The zero-order chi connectivity index (χ0) is 15.2. The third-order valence-corrected chi connectivity index (χ3v) is 4.97. The highest BCUT2D eigenvalue weighted by Gasteiger charge is 2.12. The van der Waals surface area contributed by atoms with Gasteiger partial charge in [0.25, 0.3) is 0 Å². The molecule has 0 aliphatic heterocycles. The van der Waals surface area contributed by atoms with Gasteiger partial charge in [0.1, 0.15) is 5.82 Å². The van der Waals surface area contributed by atoms with Crippen molar-refractivity contribution in [1.29, 1.82) is 0 Å². The van der Waals surface area contributed by atoms with Crippen LogP contribution >= 0.6 is 35.0 Å². The van der Waals surface area contributed by atoms with Crippen LogP contribution in [0, 0.1) is 5.82 Å². The van der Waals surface area contributed by atoms with E-state index in [1.54, 1.807) is 24.3 Å². The average Bonchev–Trinajstić information content (AvgIpc) is 2.48. The third kappa shape index (κ3) is 4.89. The molecule has 1 nitrogen and oxygen atoms in total. The molecule has 0 saturated carbocycles. The summed E-state index contributed by atoms with van der Waals surface area (Å²) in [5.41, 5.74) is 0.998. The summed E-state index contributed by atoms with van der Waals surface area (Å²) < 4.78 is 13.6. The lowest BCUT2D eigenvalue weighted by Crippen LogP contribution is -2.30. The summed E-state index contributed by atoms with van der Waals surface area (Å²) in [5, 5.41) is 4.62. The molecule has 0 bridgehead atoms. The van der Waals surface area contributed by atoms with Gasteiger partial charge in [0, 0.05) is 26.7 Å². The van der Waals surface area contributed by atoms with Gasteiger partial charge in [-0.2, -0.15) is 0 Å². The van der Waals surface area contributed by atoms with Gasteiger partial charge in [0.2, 0.25) is 0 Å². The van der Waals surface area contributed by atoms with Gasteiger partial charge in [-0.3, -0.25) is 0 Å². The van der Waals surface area contributed by atoms with Gasteiger partial charge in [0.15, 0.2) is 0 Å². The molecule has 0 spiro atoms. The molecule has 21 heavy (non-hydrogen) atoms. The van der Waals surface area contributed by atoms with Crippen molar-refractivity contribution >= 4 is 35.0 Å². The Kier molecular flexibility index (Phi) is 6.37. The van der Waals surface area contributed by atoms with E-state index in [1.165, 1.54) is 17.8 Å². The molecule has 0 aliphatic carbocycles. The summed E-state index contributed by atoms with van der Waals surface area (Å²) in [7, 11) is 1.89. The number of benzene rings is 2. The van der Waals surface area contributed by atoms with Crippen molar-refractivity contribution in [2.24, 2.45) is 0 Å². The number of halogens is 3. The first-order chi connectivity index (χ1) is 10.1. The summed E-state index contributed by atoms with van der Waals surface area (Å²) in [5.74, 6) is 0.568. The van der Waals surface area contributed by atoms with Gasteiger partial charge >= 0.3 is 0 Å². The number of rotatable bonds is 6. The number of hydrogen-bond donors (Lipinski definition) is 1. The molecule has 2 aromatic rings. The van der Waals surface area contributed by atoms with E-state index in [4.69, 9.17) is 23.2 Å². The van der Waals surface area contributed by atoms with Crippen LogP contribution < -0.4 is 5.32 Å². The first kappa shape index (κ1) is 16.6. The Hall–Kier alpha value is -0.740. The second-order valence-electron chi connectivity index (χ2n) is 4.67. The smallest absolute Gasteiger partial charge is 0.136 e. The molecule has 0 aliphatic rings. The molecule has 0 amide bonds. The number of likely N-dealkylation sites (N-methyl/N-ethyl adjacent to an activating group) is 1. The van der Waals surface area contributed by atoms with Crippen LogP contribution in [0.1, 0.15) is 5.56 Å². The maximum Gasteiger partial charge on any atom is 0.136 e. The standard InChI is InChI=1S/C16H16Cl2FNS/c1-20-13(9-11-8-12(17)6-7-14(11)18)10-21-16-5-3-2-4-15(16)19/h2-8,13,20H,9-10H2,1H3. The second kappa shape index (κ2) is 8.04. The molecule has 2 rings (SSSR count). The molecule has 0 fully saturated rings. The fraction of sp³-hybridized carbons (Fsp3) is 0.250. The van der Waals surface area contributed by atoms with Crippen LogP contribution in [0.25, 0.3) is 0 Å². The molecule has 1 N–H and O–H groups in total. The zero-order valence-corrected chi connectivity index (χ0v) is 13.9. The topological polar surface area (TPSA) is 12.0 Å². The van der Waals surface area contributed by atoms with Crippen LogP contribution in [0.4, 0.5) is 4.39 Å². The Morgan fingerprint density at radius 3 is 2.67 bits per heavy atom. The minimum Gasteiger partial charge on any atom is -0.316 e. The highest BCUT2D eigenvalue weighted by atomic mass is 35.5. The van der Waals surface area contributed by atoms with Crippen LogP contribution in [0.5, 0.6) is 0 Å². The molecule has 1 atom stereocenters. The number of nitrogens with one attached hydrogen (secondary N) is 1. The molecule has 0 aromatic heterocycles. The molecule has 2 aromatic carbocycles. The fourth-order valence-corrected chi connectivity index (χ4v) is 3.40. The Morgan fingerprint density at radius 2 is 1.95 bits per heavy atom. The Morgan fingerprint density at radius 1 is 1.19 bits per heavy atom. The van der Waals surface area contributed by atoms with E-state index in [2.05, 4.69) is 5.32 Å². The van der Waals surface area contributed by atoms with Crippen LogP contribution in [0.15, 0.2) is 47.4 Å². The molecule has 112 valence electrons. The lowest BCUT2D eigenvalue weighted by atomic mass is 10.1. The quantitative estimate of drug-likeness (QED) is 0.736. The van der Waals surface area contributed by atoms with Crippen molar-refractivity contribution in [1.82, 2.24) is 5.32 Å². The van der Waals surface area contributed by atoms with Gasteiger partial charge in [-0.25, -0.2) is 4.39 Å². The van der Waals surface area contributed by atoms with Crippen molar-refractivity contribution in [3.63, 3.8) is 0 Å². The van der Waals surface area contributed by atoms with E-state index in [1.807, 2.05) is 19.2 Å². The van der Waals surface area contributed by atoms with Gasteiger partial charge in [-0.05, 0) is 49.4 Å². The van der Waals surface area contributed by atoms with Crippen molar-refractivity contribution in [3.8, 4) is 0 Å². The summed E-state index contributed by atoms with van der Waals surface area (Å²) >= 11 is 13.7. The Bertz CT molecular complexity index is 607. The van der Waals surface area contributed by atoms with Crippen molar-refractivity contribution < 1.29 is 4.39 Å². The van der Waals surface area contributed by atoms with E-state index in [0.29, 0.717) is 14.9 Å². The molecular weight excluding hydrogens is 328 g/mol. The predicted octanol–water partition coefficient (Wildman–Crippen LogP) is 5.06. The van der Waals surface area contributed by atoms with Crippen LogP contribution in [0.2, 0.25) is 10.0 Å². The normalized spacial score (nSPS) is 12.4.